The molecule has 20 heavy (non-hydrogen) atoms. The average molecular weight is 357 g/mol. The summed E-state index contributed by atoms with van der Waals surface area (Å²) in [6.07, 6.45) is 0. The number of carbonyl (C=O) groups is 1. The van der Waals surface area contributed by atoms with Gasteiger partial charge in [-0.3, -0.25) is 9.79 Å². The summed E-state index contributed by atoms with van der Waals surface area (Å²) in [5, 5.41) is 2.84. The highest BCUT2D eigenvalue weighted by Crippen LogP contribution is 2.30. The third-order valence-electron chi connectivity index (χ3n) is 3.61. The molecule has 2 heterocycles. The second-order valence-electron chi connectivity index (χ2n) is 5.18. The summed E-state index contributed by atoms with van der Waals surface area (Å²) >= 11 is 3.40. The molecule has 2 aliphatic heterocycles. The number of nitrogens with zero attached hydrogens (tertiary/aromatic N) is 1. The molecule has 0 aliphatic carbocycles. The van der Waals surface area contributed by atoms with Crippen molar-refractivity contribution in [3.05, 3.63) is 28.2 Å². The van der Waals surface area contributed by atoms with Crippen molar-refractivity contribution in [2.45, 2.75) is 13.0 Å². The number of anilines is 1. The monoisotopic (exact) mass is 356 g/mol. The summed E-state index contributed by atoms with van der Waals surface area (Å²) < 4.78 is 23.5. The number of rotatable bonds is 1. The van der Waals surface area contributed by atoms with Crippen LogP contribution in [0, 0.1) is 5.92 Å². The molecule has 0 bridgehead atoms. The summed E-state index contributed by atoms with van der Waals surface area (Å²) in [4.78, 5) is 16.7. The Labute approximate surface area is 125 Å². The molecule has 0 aromatic heterocycles. The molecule has 3 rings (SSSR count). The molecule has 1 saturated heterocycles. The molecule has 1 N–H and O–H groups in total. The van der Waals surface area contributed by atoms with Gasteiger partial charge < -0.3 is 5.32 Å². The first-order valence-electron chi connectivity index (χ1n) is 6.21. The molecule has 1 unspecified atom stereocenters. The van der Waals surface area contributed by atoms with E-state index < -0.39 is 15.9 Å². The van der Waals surface area contributed by atoms with Crippen molar-refractivity contribution in [3.63, 3.8) is 0 Å². The first-order valence-corrected chi connectivity index (χ1v) is 8.83. The number of hydrogen-bond acceptors (Lipinski definition) is 4. The van der Waals surface area contributed by atoms with Crippen LogP contribution in [0.2, 0.25) is 0 Å². The van der Waals surface area contributed by atoms with E-state index in [2.05, 4.69) is 26.2 Å². The fraction of sp³-hybridized carbons (Fsp3) is 0.385. The van der Waals surface area contributed by atoms with Gasteiger partial charge in [-0.25, -0.2) is 8.42 Å². The standard InChI is InChI=1S/C13H13BrN2O3S/c1-7-10-4-9(14)2-3-11(10)16-13(17)12(15-7)8-5-20(18,19)6-8/h2-4,8,12H,5-6H2,1H3,(H,16,17). The van der Waals surface area contributed by atoms with Crippen LogP contribution in [0.25, 0.3) is 0 Å². The molecule has 106 valence electrons. The lowest BCUT2D eigenvalue weighted by Gasteiger charge is -2.29. The van der Waals surface area contributed by atoms with Crippen molar-refractivity contribution in [2.24, 2.45) is 10.9 Å². The van der Waals surface area contributed by atoms with Gasteiger partial charge in [0, 0.05) is 27.4 Å². The third kappa shape index (κ3) is 2.40. The van der Waals surface area contributed by atoms with Crippen LogP contribution in [0.1, 0.15) is 12.5 Å². The first kappa shape index (κ1) is 13.8. The Balaban J connectivity index is 1.96. The number of benzene rings is 1. The van der Waals surface area contributed by atoms with Gasteiger partial charge >= 0.3 is 0 Å². The van der Waals surface area contributed by atoms with Crippen LogP contribution in [0.5, 0.6) is 0 Å². The minimum atomic E-state index is -2.96. The van der Waals surface area contributed by atoms with Crippen LogP contribution in [0.15, 0.2) is 27.7 Å². The third-order valence-corrected chi connectivity index (χ3v) is 5.98. The Morgan fingerprint density at radius 1 is 1.35 bits per heavy atom. The molecule has 0 radical (unpaired) electrons. The zero-order valence-electron chi connectivity index (χ0n) is 10.8. The predicted molar refractivity (Wildman–Crippen MR) is 80.9 cm³/mol. The van der Waals surface area contributed by atoms with Crippen molar-refractivity contribution >= 4 is 43.1 Å². The van der Waals surface area contributed by atoms with E-state index in [-0.39, 0.29) is 23.3 Å². The van der Waals surface area contributed by atoms with Gasteiger partial charge in [-0.1, -0.05) is 15.9 Å². The Morgan fingerprint density at radius 2 is 2.05 bits per heavy atom. The van der Waals surface area contributed by atoms with Crippen molar-refractivity contribution < 1.29 is 13.2 Å². The minimum Gasteiger partial charge on any atom is -0.324 e. The Hall–Kier alpha value is -1.21. The molecule has 1 aromatic rings. The summed E-state index contributed by atoms with van der Waals surface area (Å²) in [5.41, 5.74) is 2.32. The number of hydrogen-bond donors (Lipinski definition) is 1. The maximum absolute atomic E-state index is 12.2. The maximum atomic E-state index is 12.2. The molecule has 1 fully saturated rings. The van der Waals surface area contributed by atoms with Crippen molar-refractivity contribution in [1.82, 2.24) is 0 Å². The molecular weight excluding hydrogens is 344 g/mol. The molecule has 0 spiro atoms. The second kappa shape index (κ2) is 4.66. The highest BCUT2D eigenvalue weighted by molar-refractivity contribution is 9.10. The van der Waals surface area contributed by atoms with Gasteiger partial charge in [-0.15, -0.1) is 0 Å². The number of amides is 1. The summed E-state index contributed by atoms with van der Waals surface area (Å²) in [7, 11) is -2.96. The van der Waals surface area contributed by atoms with Crippen LogP contribution in [0.3, 0.4) is 0 Å². The van der Waals surface area contributed by atoms with E-state index in [1.54, 1.807) is 0 Å². The molecule has 2 aliphatic rings. The van der Waals surface area contributed by atoms with Gasteiger partial charge in [0.25, 0.3) is 0 Å². The highest BCUT2D eigenvalue weighted by atomic mass is 79.9. The average Bonchev–Trinajstić information content (AvgIpc) is 2.45. The topological polar surface area (TPSA) is 75.6 Å². The largest absolute Gasteiger partial charge is 0.324 e. The number of fused-ring (bicyclic) bond motifs is 1. The van der Waals surface area contributed by atoms with E-state index in [1.165, 1.54) is 0 Å². The van der Waals surface area contributed by atoms with E-state index in [9.17, 15) is 13.2 Å². The maximum Gasteiger partial charge on any atom is 0.249 e. The van der Waals surface area contributed by atoms with Crippen molar-refractivity contribution in [3.8, 4) is 0 Å². The number of carbonyl (C=O) groups excluding carboxylic acids is 1. The highest BCUT2D eigenvalue weighted by Gasteiger charge is 2.43. The van der Waals surface area contributed by atoms with Gasteiger partial charge in [0.05, 0.1) is 11.5 Å². The number of aliphatic imine (C=N–C) groups is 1. The van der Waals surface area contributed by atoms with Gasteiger partial charge in [-0.05, 0) is 25.1 Å². The van der Waals surface area contributed by atoms with Crippen LogP contribution < -0.4 is 5.32 Å². The summed E-state index contributed by atoms with van der Waals surface area (Å²) in [5.74, 6) is -0.359. The number of nitrogens with one attached hydrogen (secondary N) is 1. The predicted octanol–water partition coefficient (Wildman–Crippen LogP) is 1.62. The summed E-state index contributed by atoms with van der Waals surface area (Å²) in [6.45, 7) is 1.84. The molecular formula is C13H13BrN2O3S. The lowest BCUT2D eigenvalue weighted by molar-refractivity contribution is -0.118. The Kier molecular flexibility index (Phi) is 3.21. The first-order chi connectivity index (χ1) is 9.35. The molecule has 1 atom stereocenters. The second-order valence-corrected chi connectivity index (χ2v) is 8.24. The van der Waals surface area contributed by atoms with Crippen LogP contribution in [-0.4, -0.2) is 37.6 Å². The van der Waals surface area contributed by atoms with Gasteiger partial charge in [0.15, 0.2) is 9.84 Å². The molecule has 7 heteroatoms. The van der Waals surface area contributed by atoms with E-state index in [4.69, 9.17) is 0 Å². The fourth-order valence-corrected chi connectivity index (χ4v) is 4.51. The Morgan fingerprint density at radius 3 is 2.70 bits per heavy atom. The number of sulfone groups is 1. The van der Waals surface area contributed by atoms with E-state index in [1.807, 2.05) is 25.1 Å². The quantitative estimate of drug-likeness (QED) is 0.830. The molecule has 1 amide bonds. The van der Waals surface area contributed by atoms with Crippen molar-refractivity contribution in [2.75, 3.05) is 16.8 Å². The summed E-state index contributed by atoms with van der Waals surface area (Å²) in [6, 6.07) is 4.94. The smallest absolute Gasteiger partial charge is 0.249 e. The van der Waals surface area contributed by atoms with E-state index in [0.29, 0.717) is 5.69 Å². The Bertz CT molecular complexity index is 715. The van der Waals surface area contributed by atoms with Gasteiger partial charge in [0.2, 0.25) is 5.91 Å². The molecule has 1 aromatic carbocycles. The lowest BCUT2D eigenvalue weighted by Crippen LogP contribution is -2.47. The van der Waals surface area contributed by atoms with E-state index in [0.717, 1.165) is 15.7 Å². The lowest BCUT2D eigenvalue weighted by atomic mass is 10.0. The van der Waals surface area contributed by atoms with Crippen LogP contribution in [-0.2, 0) is 14.6 Å². The van der Waals surface area contributed by atoms with Crippen molar-refractivity contribution in [1.29, 1.82) is 0 Å². The fourth-order valence-electron chi connectivity index (χ4n) is 2.57. The zero-order chi connectivity index (χ0) is 14.5. The number of halogens is 1. The van der Waals surface area contributed by atoms with Gasteiger partial charge in [-0.2, -0.15) is 0 Å². The van der Waals surface area contributed by atoms with Crippen LogP contribution >= 0.6 is 15.9 Å². The van der Waals surface area contributed by atoms with E-state index >= 15 is 0 Å². The minimum absolute atomic E-state index is 0.0436. The molecule has 5 nitrogen and oxygen atoms in total. The number of benzodiazepines with no additional fused rings is 1. The van der Waals surface area contributed by atoms with Crippen LogP contribution in [0.4, 0.5) is 5.69 Å². The zero-order valence-corrected chi connectivity index (χ0v) is 13.2. The molecule has 0 saturated carbocycles. The van der Waals surface area contributed by atoms with Gasteiger partial charge in [0.1, 0.15) is 6.04 Å². The SMILES string of the molecule is CC1=NC(C2CS(=O)(=O)C2)C(=O)Nc2ccc(Br)cc21. The normalized spacial score (nSPS) is 25.0.